The van der Waals surface area contributed by atoms with Gasteiger partial charge < -0.3 is 14.5 Å². The Kier molecular flexibility index (Phi) is 4.02. The standard InChI is InChI=1S/C18H23NO2/c1-4-19-18(17-11-12(2)20-13(17)3)14-5-7-15(8-6-14)21-16-9-10-16/h5-8,11,16,18-19H,4,9-10H2,1-3H3. The van der Waals surface area contributed by atoms with E-state index in [4.69, 9.17) is 9.15 Å². The monoisotopic (exact) mass is 285 g/mol. The predicted molar refractivity (Wildman–Crippen MR) is 83.8 cm³/mol. The van der Waals surface area contributed by atoms with Gasteiger partial charge in [0.1, 0.15) is 17.3 Å². The zero-order valence-corrected chi connectivity index (χ0v) is 13.0. The molecule has 1 fully saturated rings. The fraction of sp³-hybridized carbons (Fsp3) is 0.444. The van der Waals surface area contributed by atoms with Crippen LogP contribution in [0.3, 0.4) is 0 Å². The van der Waals surface area contributed by atoms with Gasteiger partial charge in [-0.1, -0.05) is 19.1 Å². The number of furan rings is 1. The first-order valence-electron chi connectivity index (χ1n) is 7.74. The van der Waals surface area contributed by atoms with Crippen molar-refractivity contribution in [3.63, 3.8) is 0 Å². The summed E-state index contributed by atoms with van der Waals surface area (Å²) in [5, 5.41) is 3.54. The SMILES string of the molecule is CCNC(c1ccc(OC2CC2)cc1)c1cc(C)oc1C. The van der Waals surface area contributed by atoms with Gasteiger partial charge in [-0.15, -0.1) is 0 Å². The molecule has 1 aromatic heterocycles. The third-order valence-electron chi connectivity index (χ3n) is 3.84. The molecule has 3 heteroatoms. The smallest absolute Gasteiger partial charge is 0.119 e. The van der Waals surface area contributed by atoms with Crippen molar-refractivity contribution in [3.05, 3.63) is 53.0 Å². The Balaban J connectivity index is 1.84. The second-order valence-electron chi connectivity index (χ2n) is 5.75. The molecule has 3 nitrogen and oxygen atoms in total. The van der Waals surface area contributed by atoms with E-state index in [9.17, 15) is 0 Å². The van der Waals surface area contributed by atoms with Gasteiger partial charge in [-0.3, -0.25) is 0 Å². The number of hydrogen-bond acceptors (Lipinski definition) is 3. The van der Waals surface area contributed by atoms with E-state index in [-0.39, 0.29) is 6.04 Å². The molecule has 0 aliphatic heterocycles. The van der Waals surface area contributed by atoms with E-state index in [2.05, 4.69) is 42.6 Å². The summed E-state index contributed by atoms with van der Waals surface area (Å²) in [6, 6.07) is 10.7. The van der Waals surface area contributed by atoms with Gasteiger partial charge in [0.2, 0.25) is 0 Å². The van der Waals surface area contributed by atoms with Gasteiger partial charge in [0, 0.05) is 5.56 Å². The number of rotatable bonds is 6. The highest BCUT2D eigenvalue weighted by Gasteiger charge is 2.24. The lowest BCUT2D eigenvalue weighted by Gasteiger charge is -2.18. The summed E-state index contributed by atoms with van der Waals surface area (Å²) in [6.07, 6.45) is 2.82. The molecule has 21 heavy (non-hydrogen) atoms. The molecule has 0 spiro atoms. The molecule has 2 aromatic rings. The first-order chi connectivity index (χ1) is 10.2. The van der Waals surface area contributed by atoms with Crippen LogP contribution in [0.5, 0.6) is 5.75 Å². The number of nitrogens with one attached hydrogen (secondary N) is 1. The van der Waals surface area contributed by atoms with Crippen LogP contribution < -0.4 is 10.1 Å². The highest BCUT2D eigenvalue weighted by molar-refractivity contribution is 5.37. The molecule has 0 saturated heterocycles. The van der Waals surface area contributed by atoms with Gasteiger partial charge in [-0.2, -0.15) is 0 Å². The quantitative estimate of drug-likeness (QED) is 0.866. The summed E-state index contributed by atoms with van der Waals surface area (Å²) in [4.78, 5) is 0. The molecule has 0 radical (unpaired) electrons. The molecular weight excluding hydrogens is 262 g/mol. The van der Waals surface area contributed by atoms with Crippen LogP contribution in [0.15, 0.2) is 34.7 Å². The van der Waals surface area contributed by atoms with Crippen LogP contribution in [-0.2, 0) is 0 Å². The van der Waals surface area contributed by atoms with Gasteiger partial charge >= 0.3 is 0 Å². The zero-order valence-electron chi connectivity index (χ0n) is 13.0. The molecule has 112 valence electrons. The van der Waals surface area contributed by atoms with Gasteiger partial charge in [0.25, 0.3) is 0 Å². The molecule has 3 rings (SSSR count). The van der Waals surface area contributed by atoms with E-state index < -0.39 is 0 Å². The van der Waals surface area contributed by atoms with Crippen LogP contribution >= 0.6 is 0 Å². The topological polar surface area (TPSA) is 34.4 Å². The molecular formula is C18H23NO2. The second-order valence-corrected chi connectivity index (χ2v) is 5.75. The summed E-state index contributed by atoms with van der Waals surface area (Å²) in [6.45, 7) is 7.05. The Morgan fingerprint density at radius 2 is 1.95 bits per heavy atom. The fourth-order valence-corrected chi connectivity index (χ4v) is 2.67. The van der Waals surface area contributed by atoms with Crippen molar-refractivity contribution in [2.45, 2.75) is 45.8 Å². The van der Waals surface area contributed by atoms with Crippen molar-refractivity contribution in [2.24, 2.45) is 0 Å². The highest BCUT2D eigenvalue weighted by Crippen LogP contribution is 2.30. The Labute approximate surface area is 126 Å². The average molecular weight is 285 g/mol. The summed E-state index contributed by atoms with van der Waals surface area (Å²) in [5.74, 6) is 2.91. The van der Waals surface area contributed by atoms with E-state index in [1.165, 1.54) is 24.0 Å². The molecule has 1 aliphatic rings. The predicted octanol–water partition coefficient (Wildman–Crippen LogP) is 4.14. The Hall–Kier alpha value is -1.74. The van der Waals surface area contributed by atoms with Gasteiger partial charge in [0.05, 0.1) is 12.1 Å². The Bertz CT molecular complexity index is 596. The summed E-state index contributed by atoms with van der Waals surface area (Å²) >= 11 is 0. The summed E-state index contributed by atoms with van der Waals surface area (Å²) in [7, 11) is 0. The van der Waals surface area contributed by atoms with Gasteiger partial charge in [-0.25, -0.2) is 0 Å². The first-order valence-corrected chi connectivity index (χ1v) is 7.74. The van der Waals surface area contributed by atoms with Gasteiger partial charge in [-0.05, 0) is 57.0 Å². The van der Waals surface area contributed by atoms with E-state index >= 15 is 0 Å². The van der Waals surface area contributed by atoms with E-state index in [1.807, 2.05) is 13.8 Å². The van der Waals surface area contributed by atoms with E-state index in [1.54, 1.807) is 0 Å². The fourth-order valence-electron chi connectivity index (χ4n) is 2.67. The third kappa shape index (κ3) is 3.30. The lowest BCUT2D eigenvalue weighted by atomic mass is 9.99. The normalized spacial score (nSPS) is 16.0. The van der Waals surface area contributed by atoms with Crippen molar-refractivity contribution >= 4 is 0 Å². The summed E-state index contributed by atoms with van der Waals surface area (Å²) in [5.41, 5.74) is 2.45. The van der Waals surface area contributed by atoms with Crippen molar-refractivity contribution in [3.8, 4) is 5.75 Å². The van der Waals surface area contributed by atoms with Gasteiger partial charge in [0.15, 0.2) is 0 Å². The number of aryl methyl sites for hydroxylation is 2. The molecule has 0 bridgehead atoms. The molecule has 1 N–H and O–H groups in total. The average Bonchev–Trinajstić information content (AvgIpc) is 3.21. The molecule has 1 saturated carbocycles. The first kappa shape index (κ1) is 14.2. The van der Waals surface area contributed by atoms with E-state index in [0.717, 1.165) is 23.8 Å². The largest absolute Gasteiger partial charge is 0.490 e. The maximum absolute atomic E-state index is 5.81. The molecule has 1 aliphatic carbocycles. The van der Waals surface area contributed by atoms with Crippen molar-refractivity contribution < 1.29 is 9.15 Å². The lowest BCUT2D eigenvalue weighted by molar-refractivity contribution is 0.303. The van der Waals surface area contributed by atoms with Crippen molar-refractivity contribution in [1.82, 2.24) is 5.32 Å². The molecule has 1 unspecified atom stereocenters. The maximum atomic E-state index is 5.81. The van der Waals surface area contributed by atoms with Crippen LogP contribution in [0.1, 0.15) is 48.5 Å². The number of ether oxygens (including phenoxy) is 1. The van der Waals surface area contributed by atoms with Crippen LogP contribution in [0.25, 0.3) is 0 Å². The van der Waals surface area contributed by atoms with Crippen LogP contribution in [0, 0.1) is 13.8 Å². The Morgan fingerprint density at radius 3 is 2.48 bits per heavy atom. The third-order valence-corrected chi connectivity index (χ3v) is 3.84. The minimum atomic E-state index is 0.169. The van der Waals surface area contributed by atoms with Crippen molar-refractivity contribution in [1.29, 1.82) is 0 Å². The second kappa shape index (κ2) is 5.94. The number of hydrogen-bond donors (Lipinski definition) is 1. The zero-order chi connectivity index (χ0) is 14.8. The highest BCUT2D eigenvalue weighted by atomic mass is 16.5. The van der Waals surface area contributed by atoms with Crippen molar-refractivity contribution in [2.75, 3.05) is 6.54 Å². The Morgan fingerprint density at radius 1 is 1.24 bits per heavy atom. The van der Waals surface area contributed by atoms with E-state index in [0.29, 0.717) is 6.10 Å². The lowest BCUT2D eigenvalue weighted by Crippen LogP contribution is -2.22. The molecule has 0 amide bonds. The van der Waals surface area contributed by atoms with Crippen LogP contribution in [0.2, 0.25) is 0 Å². The minimum absolute atomic E-state index is 0.169. The van der Waals surface area contributed by atoms with Crippen LogP contribution in [-0.4, -0.2) is 12.6 Å². The molecule has 1 heterocycles. The summed E-state index contributed by atoms with van der Waals surface area (Å²) < 4.78 is 11.5. The number of benzene rings is 1. The maximum Gasteiger partial charge on any atom is 0.119 e. The molecule has 1 aromatic carbocycles. The minimum Gasteiger partial charge on any atom is -0.490 e. The van der Waals surface area contributed by atoms with Crippen LogP contribution in [0.4, 0.5) is 0 Å². The molecule has 1 atom stereocenters.